The van der Waals surface area contributed by atoms with E-state index in [2.05, 4.69) is 27.0 Å². The van der Waals surface area contributed by atoms with Crippen molar-refractivity contribution in [3.63, 3.8) is 0 Å². The molecule has 5 aromatic rings. The fourth-order valence-corrected chi connectivity index (χ4v) is 8.22. The molecule has 14 heteroatoms. The first kappa shape index (κ1) is 38.1. The second-order valence-corrected chi connectivity index (χ2v) is 14.8. The number of rotatable bonds is 8. The fourth-order valence-electron chi connectivity index (χ4n) is 7.90. The van der Waals surface area contributed by atoms with Crippen LogP contribution in [0.2, 0.25) is 5.02 Å². The van der Waals surface area contributed by atoms with Crippen LogP contribution in [0.15, 0.2) is 64.3 Å². The van der Waals surface area contributed by atoms with E-state index in [-0.39, 0.29) is 11.6 Å². The topological polar surface area (TPSA) is 145 Å². The van der Waals surface area contributed by atoms with Crippen LogP contribution in [0, 0.1) is 6.92 Å². The molecular weight excluding hydrogens is 720 g/mol. The van der Waals surface area contributed by atoms with Gasteiger partial charge in [0, 0.05) is 69.4 Å². The number of nitrogens with one attached hydrogen (secondary N) is 3. The number of carbonyl (C=O) groups excluding carboxylic acids is 1. The van der Waals surface area contributed by atoms with Crippen molar-refractivity contribution in [1.82, 2.24) is 34.6 Å². The molecule has 8 rings (SSSR count). The second kappa shape index (κ2) is 15.9. The summed E-state index contributed by atoms with van der Waals surface area (Å²) in [6, 6.07) is 15.7. The molecule has 2 aliphatic heterocycles. The number of anilines is 2. The highest BCUT2D eigenvalue weighted by molar-refractivity contribution is 6.36. The molecule has 1 atom stereocenters. The SMILES string of the molecule is COCCN1CCC2(CCNC2)NC1=O.COc1nc(-c2cccc(-c3cccc(Nc4nccc5c4c(=O)n(C)c(=O)n5C)c3C)c2Cl)cc2c1CCC2. The molecule has 2 fully saturated rings. The summed E-state index contributed by atoms with van der Waals surface area (Å²) in [5.74, 6) is 1.04. The summed E-state index contributed by atoms with van der Waals surface area (Å²) in [6.45, 7) is 6.06. The molecule has 0 bridgehead atoms. The van der Waals surface area contributed by atoms with E-state index in [0.29, 0.717) is 40.8 Å². The van der Waals surface area contributed by atoms with Gasteiger partial charge in [-0.2, -0.15) is 0 Å². The number of fused-ring (bicyclic) bond motifs is 2. The molecule has 1 spiro atoms. The number of aryl methyl sites for hydroxylation is 2. The number of urea groups is 1. The zero-order chi connectivity index (χ0) is 38.9. The fraction of sp³-hybridized carbons (Fsp3) is 0.390. The van der Waals surface area contributed by atoms with E-state index in [9.17, 15) is 14.4 Å². The lowest BCUT2D eigenvalue weighted by Crippen LogP contribution is -2.61. The van der Waals surface area contributed by atoms with Gasteiger partial charge in [-0.1, -0.05) is 41.9 Å². The number of methoxy groups -OCH3 is 2. The molecule has 3 aromatic heterocycles. The van der Waals surface area contributed by atoms with Crippen LogP contribution in [-0.4, -0.2) is 82.6 Å². The number of pyridine rings is 2. The average Bonchev–Trinajstić information content (AvgIpc) is 3.87. The second-order valence-electron chi connectivity index (χ2n) is 14.4. The van der Waals surface area contributed by atoms with Gasteiger partial charge in [0.05, 0.1) is 35.5 Å². The van der Waals surface area contributed by atoms with Gasteiger partial charge in [-0.05, 0) is 80.5 Å². The third-order valence-electron chi connectivity index (χ3n) is 11.1. The Morgan fingerprint density at radius 2 is 1.76 bits per heavy atom. The molecule has 2 amide bonds. The van der Waals surface area contributed by atoms with Crippen molar-refractivity contribution < 1.29 is 14.3 Å². The molecule has 0 radical (unpaired) electrons. The predicted octanol–water partition coefficient (Wildman–Crippen LogP) is 5.34. The third kappa shape index (κ3) is 7.31. The third-order valence-corrected chi connectivity index (χ3v) is 11.5. The van der Waals surface area contributed by atoms with E-state index in [1.165, 1.54) is 22.7 Å². The van der Waals surface area contributed by atoms with Crippen molar-refractivity contribution in [3.8, 4) is 28.3 Å². The molecule has 55 heavy (non-hydrogen) atoms. The number of halogens is 1. The molecule has 2 aromatic carbocycles. The van der Waals surface area contributed by atoms with Crippen LogP contribution < -0.4 is 31.9 Å². The Balaban J connectivity index is 0.000000259. The number of hydrogen-bond acceptors (Lipinski definition) is 9. The molecule has 288 valence electrons. The van der Waals surface area contributed by atoms with E-state index in [0.717, 1.165) is 89.9 Å². The number of nitrogens with zero attached hydrogens (tertiary/aromatic N) is 5. The Bertz CT molecular complexity index is 2390. The van der Waals surface area contributed by atoms with Crippen molar-refractivity contribution in [2.75, 3.05) is 52.3 Å². The van der Waals surface area contributed by atoms with Crippen molar-refractivity contribution in [1.29, 1.82) is 0 Å². The molecule has 3 aliphatic rings. The Hall–Kier alpha value is -5.24. The smallest absolute Gasteiger partial charge is 0.330 e. The lowest BCUT2D eigenvalue weighted by molar-refractivity contribution is 0.120. The summed E-state index contributed by atoms with van der Waals surface area (Å²) in [7, 11) is 6.42. The van der Waals surface area contributed by atoms with Crippen molar-refractivity contribution in [2.24, 2.45) is 14.1 Å². The largest absolute Gasteiger partial charge is 0.481 e. The van der Waals surface area contributed by atoms with Crippen molar-refractivity contribution in [3.05, 3.63) is 97.3 Å². The normalized spacial score (nSPS) is 17.6. The molecule has 5 heterocycles. The molecule has 2 saturated heterocycles. The van der Waals surface area contributed by atoms with Gasteiger partial charge < -0.3 is 30.3 Å². The molecule has 0 saturated carbocycles. The van der Waals surface area contributed by atoms with Gasteiger partial charge in [-0.15, -0.1) is 0 Å². The minimum atomic E-state index is -0.407. The van der Waals surface area contributed by atoms with E-state index in [4.69, 9.17) is 26.1 Å². The molecular formula is C41H47ClN8O5. The first-order valence-electron chi connectivity index (χ1n) is 18.6. The standard InChI is InChI=1S/C31H28ClN5O3.C10H19N3O2/c1-17-19(21-11-6-12-22(27(21)32)24-16-18-8-5-10-20(18)29(35-24)40-4)9-7-13-23(17)34-28-26-25(14-15-33-28)36(2)31(39)37(3)30(26)38;1-15-7-6-13-5-3-10(12-9(13)14)2-4-11-8-10/h6-7,9,11-16H,5,8,10H2,1-4H3,(H,33,34);11H,2-8H2,1H3,(H,12,14). The van der Waals surface area contributed by atoms with Gasteiger partial charge in [-0.3, -0.25) is 13.9 Å². The van der Waals surface area contributed by atoms with E-state index in [1.807, 2.05) is 48.2 Å². The van der Waals surface area contributed by atoms with Gasteiger partial charge in [0.15, 0.2) is 0 Å². The van der Waals surface area contributed by atoms with Crippen LogP contribution in [0.1, 0.15) is 36.0 Å². The van der Waals surface area contributed by atoms with Gasteiger partial charge in [-0.25, -0.2) is 19.6 Å². The van der Waals surface area contributed by atoms with E-state index in [1.54, 1.807) is 33.5 Å². The van der Waals surface area contributed by atoms with Crippen LogP contribution in [-0.2, 0) is 31.7 Å². The first-order valence-corrected chi connectivity index (χ1v) is 19.0. The minimum Gasteiger partial charge on any atom is -0.481 e. The highest BCUT2D eigenvalue weighted by Crippen LogP contribution is 2.41. The lowest BCUT2D eigenvalue weighted by Gasteiger charge is -2.39. The van der Waals surface area contributed by atoms with Crippen molar-refractivity contribution in [2.45, 2.75) is 44.6 Å². The Morgan fingerprint density at radius 1 is 0.982 bits per heavy atom. The number of carbonyl (C=O) groups is 1. The van der Waals surface area contributed by atoms with Crippen LogP contribution in [0.4, 0.5) is 16.3 Å². The first-order chi connectivity index (χ1) is 26.6. The van der Waals surface area contributed by atoms with Crippen LogP contribution in [0.5, 0.6) is 5.88 Å². The van der Waals surface area contributed by atoms with Gasteiger partial charge >= 0.3 is 11.7 Å². The van der Waals surface area contributed by atoms with Gasteiger partial charge in [0.1, 0.15) is 11.2 Å². The molecule has 3 N–H and O–H groups in total. The highest BCUT2D eigenvalue weighted by atomic mass is 35.5. The Kier molecular flexibility index (Phi) is 11.0. The number of hydrogen-bond donors (Lipinski definition) is 3. The summed E-state index contributed by atoms with van der Waals surface area (Å²) in [6.07, 6.45) is 6.75. The maximum atomic E-state index is 13.1. The average molecular weight is 767 g/mol. The molecule has 1 aliphatic carbocycles. The summed E-state index contributed by atoms with van der Waals surface area (Å²) in [5, 5.41) is 10.7. The molecule has 13 nitrogen and oxygen atoms in total. The zero-order valence-electron chi connectivity index (χ0n) is 31.9. The van der Waals surface area contributed by atoms with E-state index >= 15 is 0 Å². The number of benzene rings is 2. The summed E-state index contributed by atoms with van der Waals surface area (Å²) in [5.41, 5.74) is 7.32. The highest BCUT2D eigenvalue weighted by Gasteiger charge is 2.40. The van der Waals surface area contributed by atoms with Gasteiger partial charge in [0.25, 0.3) is 5.56 Å². The van der Waals surface area contributed by atoms with Crippen LogP contribution >= 0.6 is 11.6 Å². The Morgan fingerprint density at radius 3 is 2.51 bits per heavy atom. The van der Waals surface area contributed by atoms with Gasteiger partial charge in [0.2, 0.25) is 5.88 Å². The predicted molar refractivity (Wildman–Crippen MR) is 216 cm³/mol. The lowest BCUT2D eigenvalue weighted by atomic mass is 9.92. The quantitative estimate of drug-likeness (QED) is 0.191. The monoisotopic (exact) mass is 766 g/mol. The number of aromatic nitrogens is 4. The van der Waals surface area contributed by atoms with Crippen LogP contribution in [0.25, 0.3) is 33.3 Å². The summed E-state index contributed by atoms with van der Waals surface area (Å²) < 4.78 is 13.1. The van der Waals surface area contributed by atoms with Crippen molar-refractivity contribution >= 4 is 40.0 Å². The summed E-state index contributed by atoms with van der Waals surface area (Å²) in [4.78, 5) is 48.4. The maximum Gasteiger partial charge on any atom is 0.330 e. The number of amides is 2. The maximum absolute atomic E-state index is 13.1. The number of ether oxygens (including phenoxy) is 2. The van der Waals surface area contributed by atoms with E-state index < -0.39 is 11.2 Å². The zero-order valence-corrected chi connectivity index (χ0v) is 32.7. The summed E-state index contributed by atoms with van der Waals surface area (Å²) >= 11 is 7.07. The minimum absolute atomic E-state index is 0.0284. The Labute approximate surface area is 324 Å². The molecule has 1 unspecified atom stereocenters. The van der Waals surface area contributed by atoms with Crippen LogP contribution in [0.3, 0.4) is 0 Å².